The molecule has 0 heterocycles. The number of hydrogen-bond acceptors (Lipinski definition) is 5. The van der Waals surface area contributed by atoms with Gasteiger partial charge < -0.3 is 15.4 Å². The molecule has 0 radical (unpaired) electrons. The molecule has 0 bridgehead atoms. The summed E-state index contributed by atoms with van der Waals surface area (Å²) in [5.41, 5.74) is 2.25. The van der Waals surface area contributed by atoms with E-state index in [9.17, 15) is 14.4 Å². The maximum atomic E-state index is 13.2. The summed E-state index contributed by atoms with van der Waals surface area (Å²) < 4.78 is 5.19. The summed E-state index contributed by atoms with van der Waals surface area (Å²) in [5.74, 6) is -0.0383. The predicted molar refractivity (Wildman–Crippen MR) is 156 cm³/mol. The molecule has 0 aromatic heterocycles. The Balaban J connectivity index is 1.45. The number of hydrogen-bond donors (Lipinski definition) is 2. The summed E-state index contributed by atoms with van der Waals surface area (Å²) in [7, 11) is 1.57. The molecule has 2 amide bonds. The molecule has 0 aliphatic rings. The normalized spacial score (nSPS) is 11.0. The lowest BCUT2D eigenvalue weighted by atomic mass is 10.1. The Labute approximate surface area is 236 Å². The number of halogens is 1. The molecule has 0 spiro atoms. The molecule has 4 rings (SSSR count). The Hall–Kier alpha value is -4.33. The first-order chi connectivity index (χ1) is 18.9. The van der Waals surface area contributed by atoms with Crippen LogP contribution < -0.4 is 15.4 Å². The highest BCUT2D eigenvalue weighted by Gasteiger charge is 2.16. The predicted octanol–water partition coefficient (Wildman–Crippen LogP) is 6.73. The molecule has 0 saturated carbocycles. The molecule has 2 N–H and O–H groups in total. The summed E-state index contributed by atoms with van der Waals surface area (Å²) in [6, 6.07) is 29.8. The second-order valence-corrected chi connectivity index (χ2v) is 9.78. The lowest BCUT2D eigenvalue weighted by Crippen LogP contribution is -2.30. The van der Waals surface area contributed by atoms with Crippen LogP contribution in [0.15, 0.2) is 114 Å². The molecule has 39 heavy (non-hydrogen) atoms. The van der Waals surface area contributed by atoms with Crippen molar-refractivity contribution in [2.75, 3.05) is 18.2 Å². The number of ketones is 1. The summed E-state index contributed by atoms with van der Waals surface area (Å²) in [6.07, 6.45) is 1.60. The summed E-state index contributed by atoms with van der Waals surface area (Å²) in [6.45, 7) is 0. The van der Waals surface area contributed by atoms with E-state index < -0.39 is 11.8 Å². The first-order valence-electron chi connectivity index (χ1n) is 12.0. The molecule has 4 aromatic carbocycles. The molecule has 0 aliphatic carbocycles. The van der Waals surface area contributed by atoms with E-state index in [-0.39, 0.29) is 17.2 Å². The third-order valence-electron chi connectivity index (χ3n) is 5.61. The average molecular weight is 557 g/mol. The topological polar surface area (TPSA) is 84.5 Å². The van der Waals surface area contributed by atoms with Crippen molar-refractivity contribution in [2.45, 2.75) is 4.90 Å². The molecule has 0 fully saturated rings. The molecule has 6 nitrogen and oxygen atoms in total. The van der Waals surface area contributed by atoms with Gasteiger partial charge >= 0.3 is 0 Å². The Morgan fingerprint density at radius 2 is 1.51 bits per heavy atom. The van der Waals surface area contributed by atoms with E-state index in [2.05, 4.69) is 10.6 Å². The highest BCUT2D eigenvalue weighted by molar-refractivity contribution is 8.00. The largest absolute Gasteiger partial charge is 0.497 e. The highest BCUT2D eigenvalue weighted by Crippen LogP contribution is 2.24. The number of carbonyl (C=O) groups is 3. The van der Waals surface area contributed by atoms with Crippen molar-refractivity contribution in [1.29, 1.82) is 0 Å². The van der Waals surface area contributed by atoms with Crippen LogP contribution in [0.5, 0.6) is 5.75 Å². The lowest BCUT2D eigenvalue weighted by molar-refractivity contribution is -0.113. The highest BCUT2D eigenvalue weighted by atomic mass is 35.5. The summed E-state index contributed by atoms with van der Waals surface area (Å²) in [4.78, 5) is 39.4. The first-order valence-corrected chi connectivity index (χ1v) is 13.3. The number of methoxy groups -OCH3 is 1. The van der Waals surface area contributed by atoms with Gasteiger partial charge in [-0.1, -0.05) is 54.1 Å². The fourth-order valence-corrected chi connectivity index (χ4v) is 4.58. The molecule has 8 heteroatoms. The van der Waals surface area contributed by atoms with Gasteiger partial charge in [0.2, 0.25) is 0 Å². The van der Waals surface area contributed by atoms with Crippen LogP contribution in [0.4, 0.5) is 5.69 Å². The van der Waals surface area contributed by atoms with Gasteiger partial charge in [-0.05, 0) is 72.3 Å². The Morgan fingerprint density at radius 1 is 0.846 bits per heavy atom. The van der Waals surface area contributed by atoms with Crippen LogP contribution in [-0.2, 0) is 4.79 Å². The molecule has 0 unspecified atom stereocenters. The van der Waals surface area contributed by atoms with Gasteiger partial charge in [0.25, 0.3) is 11.8 Å². The van der Waals surface area contributed by atoms with Gasteiger partial charge in [-0.2, -0.15) is 0 Å². The SMILES string of the molecule is COc1ccc(/C=C(\NC(=O)c2ccccc2)C(=O)Nc2ccc(SCC(=O)c3ccccc3Cl)cc2)cc1. The zero-order valence-electron chi connectivity index (χ0n) is 21.0. The van der Waals surface area contributed by atoms with Crippen LogP contribution in [0, 0.1) is 0 Å². The second-order valence-electron chi connectivity index (χ2n) is 8.32. The third kappa shape index (κ3) is 7.83. The second kappa shape index (κ2) is 13.5. The Morgan fingerprint density at radius 3 is 2.18 bits per heavy atom. The van der Waals surface area contributed by atoms with Crippen molar-refractivity contribution < 1.29 is 19.1 Å². The van der Waals surface area contributed by atoms with Crippen molar-refractivity contribution in [1.82, 2.24) is 5.32 Å². The molecule has 0 aliphatic heterocycles. The smallest absolute Gasteiger partial charge is 0.272 e. The molecule has 0 atom stereocenters. The van der Waals surface area contributed by atoms with E-state index >= 15 is 0 Å². The fraction of sp³-hybridized carbons (Fsp3) is 0.0645. The lowest BCUT2D eigenvalue weighted by Gasteiger charge is -2.12. The van der Waals surface area contributed by atoms with Gasteiger partial charge in [-0.3, -0.25) is 14.4 Å². The molecule has 4 aromatic rings. The van der Waals surface area contributed by atoms with Crippen LogP contribution in [-0.4, -0.2) is 30.5 Å². The van der Waals surface area contributed by atoms with Gasteiger partial charge in [0, 0.05) is 21.7 Å². The Bertz CT molecular complexity index is 1490. The Kier molecular flexibility index (Phi) is 9.56. The number of anilines is 1. The number of Topliss-reactive ketones (excluding diaryl/α,β-unsaturated/α-hetero) is 1. The van der Waals surface area contributed by atoms with Gasteiger partial charge in [0.1, 0.15) is 11.4 Å². The number of thioether (sulfide) groups is 1. The number of benzene rings is 4. The number of rotatable bonds is 10. The van der Waals surface area contributed by atoms with E-state index in [4.69, 9.17) is 16.3 Å². The van der Waals surface area contributed by atoms with Crippen LogP contribution >= 0.6 is 23.4 Å². The van der Waals surface area contributed by atoms with Gasteiger partial charge in [-0.15, -0.1) is 11.8 Å². The van der Waals surface area contributed by atoms with Gasteiger partial charge in [-0.25, -0.2) is 0 Å². The van der Waals surface area contributed by atoms with Crippen molar-refractivity contribution in [3.63, 3.8) is 0 Å². The first kappa shape index (κ1) is 27.7. The summed E-state index contributed by atoms with van der Waals surface area (Å²) in [5, 5.41) is 5.98. The number of carbonyl (C=O) groups excluding carboxylic acids is 3. The minimum Gasteiger partial charge on any atom is -0.497 e. The summed E-state index contributed by atoms with van der Waals surface area (Å²) >= 11 is 7.50. The van der Waals surface area contributed by atoms with Gasteiger partial charge in [0.05, 0.1) is 17.9 Å². The molecule has 0 saturated heterocycles. The van der Waals surface area contributed by atoms with Crippen LogP contribution in [0.3, 0.4) is 0 Å². The zero-order chi connectivity index (χ0) is 27.6. The fourth-order valence-electron chi connectivity index (χ4n) is 3.56. The standard InChI is InChI=1S/C31H25ClN2O4S/c1-38-24-15-11-21(12-16-24)19-28(34-30(36)22-7-3-2-4-8-22)31(37)33-23-13-17-25(18-14-23)39-20-29(35)26-9-5-6-10-27(26)32/h2-19H,20H2,1H3,(H,33,37)(H,34,36)/b28-19-. The van der Waals surface area contributed by atoms with E-state index in [1.54, 1.807) is 98.1 Å². The van der Waals surface area contributed by atoms with Gasteiger partial charge in [0.15, 0.2) is 5.78 Å². The monoisotopic (exact) mass is 556 g/mol. The molecular weight excluding hydrogens is 532 g/mol. The van der Waals surface area contributed by atoms with Crippen molar-refractivity contribution >= 4 is 52.7 Å². The van der Waals surface area contributed by atoms with E-state index in [1.165, 1.54) is 11.8 Å². The third-order valence-corrected chi connectivity index (χ3v) is 6.95. The minimum absolute atomic E-state index is 0.0644. The van der Waals surface area contributed by atoms with Crippen LogP contribution in [0.25, 0.3) is 6.08 Å². The zero-order valence-corrected chi connectivity index (χ0v) is 22.6. The van der Waals surface area contributed by atoms with Crippen molar-refractivity contribution in [3.8, 4) is 5.75 Å². The number of ether oxygens (including phenoxy) is 1. The maximum absolute atomic E-state index is 13.2. The number of nitrogens with one attached hydrogen (secondary N) is 2. The van der Waals surface area contributed by atoms with Crippen molar-refractivity contribution in [2.24, 2.45) is 0 Å². The van der Waals surface area contributed by atoms with Crippen LogP contribution in [0.1, 0.15) is 26.3 Å². The molecule has 196 valence electrons. The van der Waals surface area contributed by atoms with Crippen molar-refractivity contribution in [3.05, 3.63) is 131 Å². The minimum atomic E-state index is -0.482. The maximum Gasteiger partial charge on any atom is 0.272 e. The quantitative estimate of drug-likeness (QED) is 0.128. The average Bonchev–Trinajstić information content (AvgIpc) is 2.97. The van der Waals surface area contributed by atoms with E-state index in [1.807, 2.05) is 18.2 Å². The van der Waals surface area contributed by atoms with E-state index in [0.29, 0.717) is 33.1 Å². The molecular formula is C31H25ClN2O4S. The number of amides is 2. The van der Waals surface area contributed by atoms with Crippen LogP contribution in [0.2, 0.25) is 5.02 Å². The van der Waals surface area contributed by atoms with E-state index in [0.717, 1.165) is 4.90 Å².